The highest BCUT2D eigenvalue weighted by molar-refractivity contribution is 7.90. The largest absolute Gasteiger partial charge is 0.393 e. The van der Waals surface area contributed by atoms with Crippen molar-refractivity contribution >= 4 is 9.84 Å². The van der Waals surface area contributed by atoms with Gasteiger partial charge in [0.25, 0.3) is 0 Å². The van der Waals surface area contributed by atoms with E-state index >= 15 is 0 Å². The predicted molar refractivity (Wildman–Crippen MR) is 65.0 cm³/mol. The fourth-order valence-electron chi connectivity index (χ4n) is 1.65. The zero-order chi connectivity index (χ0) is 13.8. The van der Waals surface area contributed by atoms with Gasteiger partial charge in [-0.05, 0) is 25.0 Å². The summed E-state index contributed by atoms with van der Waals surface area (Å²) in [7, 11) is -3.07. The minimum atomic E-state index is -3.07. The first-order chi connectivity index (χ1) is 8.29. The molecule has 0 fully saturated rings. The van der Waals surface area contributed by atoms with E-state index in [9.17, 15) is 22.3 Å². The molecule has 0 heterocycles. The van der Waals surface area contributed by atoms with Crippen LogP contribution in [0.5, 0.6) is 0 Å². The Bertz CT molecular complexity index is 480. The molecule has 6 heteroatoms. The van der Waals surface area contributed by atoms with Crippen molar-refractivity contribution in [3.8, 4) is 0 Å². The Hall–Kier alpha value is -1.01. The molecular formula is C12H16F2O3S. The maximum Gasteiger partial charge on any atom is 0.147 e. The number of sulfone groups is 1. The summed E-state index contributed by atoms with van der Waals surface area (Å²) in [5, 5.41) is 9.62. The van der Waals surface area contributed by atoms with Crippen molar-refractivity contribution in [3.05, 3.63) is 35.4 Å². The summed E-state index contributed by atoms with van der Waals surface area (Å²) in [4.78, 5) is 0. The zero-order valence-corrected chi connectivity index (χ0v) is 10.9. The van der Waals surface area contributed by atoms with E-state index in [1.165, 1.54) is 6.07 Å². The highest BCUT2D eigenvalue weighted by atomic mass is 32.2. The molecule has 1 atom stereocenters. The highest BCUT2D eigenvalue weighted by Crippen LogP contribution is 2.16. The molecule has 0 saturated heterocycles. The van der Waals surface area contributed by atoms with Crippen molar-refractivity contribution in [2.75, 3.05) is 12.0 Å². The van der Waals surface area contributed by atoms with Crippen LogP contribution in [0.25, 0.3) is 0 Å². The van der Waals surface area contributed by atoms with Crippen molar-refractivity contribution in [2.45, 2.75) is 25.4 Å². The van der Waals surface area contributed by atoms with Crippen LogP contribution < -0.4 is 0 Å². The molecule has 1 aromatic carbocycles. The quantitative estimate of drug-likeness (QED) is 0.861. The van der Waals surface area contributed by atoms with Crippen LogP contribution in [0.2, 0.25) is 0 Å². The lowest BCUT2D eigenvalue weighted by Gasteiger charge is -2.11. The molecule has 0 bridgehead atoms. The Morgan fingerprint density at radius 2 is 1.83 bits per heavy atom. The van der Waals surface area contributed by atoms with Crippen molar-refractivity contribution in [2.24, 2.45) is 0 Å². The number of benzene rings is 1. The molecule has 0 aliphatic rings. The van der Waals surface area contributed by atoms with E-state index in [-0.39, 0.29) is 30.6 Å². The third-order valence-corrected chi connectivity index (χ3v) is 3.58. The average molecular weight is 278 g/mol. The molecule has 0 radical (unpaired) electrons. The molecule has 1 aromatic rings. The molecule has 102 valence electrons. The lowest BCUT2D eigenvalue weighted by atomic mass is 10.0. The smallest absolute Gasteiger partial charge is 0.147 e. The molecule has 0 aromatic heterocycles. The SMILES string of the molecule is CS(=O)(=O)CCCC(O)Cc1c(F)cccc1F. The Kier molecular flexibility index (Phi) is 5.22. The average Bonchev–Trinajstić information content (AvgIpc) is 2.22. The van der Waals surface area contributed by atoms with Crippen molar-refractivity contribution < 1.29 is 22.3 Å². The van der Waals surface area contributed by atoms with E-state index in [1.54, 1.807) is 0 Å². The molecule has 1 unspecified atom stereocenters. The summed E-state index contributed by atoms with van der Waals surface area (Å²) < 4.78 is 48.3. The van der Waals surface area contributed by atoms with E-state index in [0.717, 1.165) is 18.4 Å². The molecule has 0 aliphatic carbocycles. The lowest BCUT2D eigenvalue weighted by Crippen LogP contribution is -2.15. The first kappa shape index (κ1) is 15.0. The molecule has 1 N–H and O–H groups in total. The Morgan fingerprint density at radius 1 is 1.28 bits per heavy atom. The van der Waals surface area contributed by atoms with E-state index in [1.807, 2.05) is 0 Å². The maximum atomic E-state index is 13.3. The molecule has 18 heavy (non-hydrogen) atoms. The Labute approximate surface area is 105 Å². The molecule has 0 amide bonds. The zero-order valence-electron chi connectivity index (χ0n) is 10.1. The number of rotatable bonds is 6. The highest BCUT2D eigenvalue weighted by Gasteiger charge is 2.14. The number of aliphatic hydroxyl groups excluding tert-OH is 1. The molecule has 0 spiro atoms. The molecule has 0 aliphatic heterocycles. The number of halogens is 2. The van der Waals surface area contributed by atoms with Gasteiger partial charge in [-0.1, -0.05) is 6.07 Å². The van der Waals surface area contributed by atoms with Gasteiger partial charge in [0.1, 0.15) is 21.5 Å². The summed E-state index contributed by atoms with van der Waals surface area (Å²) in [6.07, 6.45) is 0.480. The summed E-state index contributed by atoms with van der Waals surface area (Å²) >= 11 is 0. The van der Waals surface area contributed by atoms with Gasteiger partial charge < -0.3 is 5.11 Å². The van der Waals surface area contributed by atoms with Crippen molar-refractivity contribution in [3.63, 3.8) is 0 Å². The minimum absolute atomic E-state index is 0.0379. The van der Waals surface area contributed by atoms with Gasteiger partial charge in [0.2, 0.25) is 0 Å². The van der Waals surface area contributed by atoms with Gasteiger partial charge in [-0.3, -0.25) is 0 Å². The summed E-state index contributed by atoms with van der Waals surface area (Å²) in [6, 6.07) is 3.51. The fraction of sp³-hybridized carbons (Fsp3) is 0.500. The van der Waals surface area contributed by atoms with Crippen LogP contribution in [0.3, 0.4) is 0 Å². The lowest BCUT2D eigenvalue weighted by molar-refractivity contribution is 0.161. The van der Waals surface area contributed by atoms with Crippen LogP contribution in [-0.4, -0.2) is 31.6 Å². The van der Waals surface area contributed by atoms with Gasteiger partial charge in [-0.25, -0.2) is 17.2 Å². The van der Waals surface area contributed by atoms with Gasteiger partial charge in [-0.15, -0.1) is 0 Å². The van der Waals surface area contributed by atoms with Crippen LogP contribution in [0.15, 0.2) is 18.2 Å². The van der Waals surface area contributed by atoms with Gasteiger partial charge >= 0.3 is 0 Å². The van der Waals surface area contributed by atoms with Gasteiger partial charge in [-0.2, -0.15) is 0 Å². The molecular weight excluding hydrogens is 262 g/mol. The maximum absolute atomic E-state index is 13.3. The topological polar surface area (TPSA) is 54.4 Å². The van der Waals surface area contributed by atoms with Gasteiger partial charge in [0.05, 0.1) is 6.10 Å². The first-order valence-electron chi connectivity index (χ1n) is 5.58. The second kappa shape index (κ2) is 6.24. The number of hydrogen-bond donors (Lipinski definition) is 1. The molecule has 0 saturated carbocycles. The van der Waals surface area contributed by atoms with E-state index in [4.69, 9.17) is 0 Å². The predicted octanol–water partition coefficient (Wildman–Crippen LogP) is 1.69. The van der Waals surface area contributed by atoms with Crippen LogP contribution in [0.1, 0.15) is 18.4 Å². The standard InChI is InChI=1S/C12H16F2O3S/c1-18(16,17)7-3-4-9(15)8-10-11(13)5-2-6-12(10)14/h2,5-6,9,15H,3-4,7-8H2,1H3. The van der Waals surface area contributed by atoms with Crippen LogP contribution in [-0.2, 0) is 16.3 Å². The number of hydrogen-bond acceptors (Lipinski definition) is 3. The fourth-order valence-corrected chi connectivity index (χ4v) is 2.34. The normalized spacial score (nSPS) is 13.6. The third-order valence-electron chi connectivity index (χ3n) is 2.55. The molecule has 3 nitrogen and oxygen atoms in total. The summed E-state index contributed by atoms with van der Waals surface area (Å²) in [5.41, 5.74) is -0.163. The third kappa shape index (κ3) is 5.10. The Morgan fingerprint density at radius 3 is 2.33 bits per heavy atom. The van der Waals surface area contributed by atoms with Crippen molar-refractivity contribution in [1.82, 2.24) is 0 Å². The van der Waals surface area contributed by atoms with E-state index in [0.29, 0.717) is 0 Å². The second-order valence-electron chi connectivity index (χ2n) is 4.33. The van der Waals surface area contributed by atoms with E-state index < -0.39 is 27.6 Å². The monoisotopic (exact) mass is 278 g/mol. The minimum Gasteiger partial charge on any atom is -0.393 e. The van der Waals surface area contributed by atoms with Gasteiger partial charge in [0, 0.05) is 24.0 Å². The van der Waals surface area contributed by atoms with Gasteiger partial charge in [0.15, 0.2) is 0 Å². The van der Waals surface area contributed by atoms with Crippen LogP contribution in [0.4, 0.5) is 8.78 Å². The Balaban J connectivity index is 2.52. The number of aliphatic hydroxyl groups is 1. The first-order valence-corrected chi connectivity index (χ1v) is 7.64. The molecule has 1 rings (SSSR count). The second-order valence-corrected chi connectivity index (χ2v) is 6.59. The summed E-state index contributed by atoms with van der Waals surface area (Å²) in [5.74, 6) is -1.43. The van der Waals surface area contributed by atoms with Crippen LogP contribution in [0, 0.1) is 11.6 Å². The van der Waals surface area contributed by atoms with Crippen molar-refractivity contribution in [1.29, 1.82) is 0 Å². The van der Waals surface area contributed by atoms with Crippen LogP contribution >= 0.6 is 0 Å². The van der Waals surface area contributed by atoms with E-state index in [2.05, 4.69) is 0 Å². The summed E-state index contributed by atoms with van der Waals surface area (Å²) in [6.45, 7) is 0.